The molecule has 0 radical (unpaired) electrons. The molecule has 1 fully saturated rings. The highest BCUT2D eigenvalue weighted by molar-refractivity contribution is 8.00. The van der Waals surface area contributed by atoms with E-state index in [1.54, 1.807) is 11.8 Å². The summed E-state index contributed by atoms with van der Waals surface area (Å²) in [5.41, 5.74) is 0. The lowest BCUT2D eigenvalue weighted by Gasteiger charge is -2.24. The zero-order valence-electron chi connectivity index (χ0n) is 12.2. The van der Waals surface area contributed by atoms with Gasteiger partial charge in [0.1, 0.15) is 13.1 Å². The van der Waals surface area contributed by atoms with Gasteiger partial charge in [0.25, 0.3) is 0 Å². The average molecular weight is 330 g/mol. The number of rotatable bonds is 6. The third-order valence-electron chi connectivity index (χ3n) is 3.47. The fraction of sp³-hybridized carbons (Fsp3) is 0.533. The molecule has 116 valence electrons. The summed E-state index contributed by atoms with van der Waals surface area (Å²) in [6, 6.07) is 7.57. The molecule has 1 aliphatic rings. The maximum Gasteiger partial charge on any atom is 0.233 e. The molecule has 1 aromatic carbocycles. The van der Waals surface area contributed by atoms with Crippen molar-refractivity contribution >= 4 is 29.3 Å². The van der Waals surface area contributed by atoms with Crippen molar-refractivity contribution in [3.63, 3.8) is 0 Å². The zero-order valence-corrected chi connectivity index (χ0v) is 13.8. The number of nitrogens with one attached hydrogen (secondary N) is 2. The van der Waals surface area contributed by atoms with Crippen LogP contribution in [0.5, 0.6) is 0 Å². The van der Waals surface area contributed by atoms with Gasteiger partial charge >= 0.3 is 0 Å². The highest BCUT2D eigenvalue weighted by Gasteiger charge is 2.16. The number of carbonyl (C=O) groups excluding carboxylic acids is 1. The van der Waals surface area contributed by atoms with Crippen LogP contribution in [0.4, 0.5) is 0 Å². The normalized spacial score (nSPS) is 17.4. The summed E-state index contributed by atoms with van der Waals surface area (Å²) in [6.07, 6.45) is 0. The highest BCUT2D eigenvalue weighted by atomic mass is 35.5. The molecule has 1 amide bonds. The second-order valence-corrected chi connectivity index (χ2v) is 6.97. The number of halogens is 1. The van der Waals surface area contributed by atoms with E-state index in [1.165, 1.54) is 4.90 Å². The van der Waals surface area contributed by atoms with E-state index in [0.717, 1.165) is 44.3 Å². The summed E-state index contributed by atoms with van der Waals surface area (Å²) in [5, 5.41) is 3.62. The van der Waals surface area contributed by atoms with Gasteiger partial charge in [-0.2, -0.15) is 0 Å². The van der Waals surface area contributed by atoms with Crippen molar-refractivity contribution in [3.05, 3.63) is 29.3 Å². The molecule has 0 aliphatic carbocycles. The van der Waals surface area contributed by atoms with E-state index >= 15 is 0 Å². The molecule has 2 N–H and O–H groups in total. The summed E-state index contributed by atoms with van der Waals surface area (Å²) in [7, 11) is 0. The minimum absolute atomic E-state index is 0.0857. The smallest absolute Gasteiger partial charge is 0.233 e. The Bertz CT molecular complexity index is 449. The van der Waals surface area contributed by atoms with E-state index in [-0.39, 0.29) is 11.2 Å². The average Bonchev–Trinajstić information content (AvgIpc) is 2.50. The van der Waals surface area contributed by atoms with E-state index in [1.807, 2.05) is 31.2 Å². The van der Waals surface area contributed by atoms with Crippen LogP contribution in [-0.2, 0) is 9.53 Å². The largest absolute Gasteiger partial charge is 0.370 e. The van der Waals surface area contributed by atoms with Crippen LogP contribution in [0.25, 0.3) is 0 Å². The van der Waals surface area contributed by atoms with Crippen LogP contribution < -0.4 is 10.2 Å². The van der Waals surface area contributed by atoms with Crippen LogP contribution in [0.15, 0.2) is 29.2 Å². The Morgan fingerprint density at radius 2 is 2.05 bits per heavy atom. The molecule has 2 rings (SSSR count). The number of hydrogen-bond donors (Lipinski definition) is 2. The zero-order chi connectivity index (χ0) is 15.1. The molecule has 1 saturated heterocycles. The predicted molar refractivity (Wildman–Crippen MR) is 86.2 cm³/mol. The molecule has 1 heterocycles. The van der Waals surface area contributed by atoms with Gasteiger partial charge in [0.15, 0.2) is 0 Å². The van der Waals surface area contributed by atoms with Gasteiger partial charge in [-0.3, -0.25) is 4.79 Å². The van der Waals surface area contributed by atoms with Crippen LogP contribution in [0.1, 0.15) is 6.92 Å². The first kappa shape index (κ1) is 16.6. The summed E-state index contributed by atoms with van der Waals surface area (Å²) < 4.78 is 5.32. The van der Waals surface area contributed by atoms with E-state index in [2.05, 4.69) is 5.32 Å². The first-order chi connectivity index (χ1) is 10.1. The molecule has 0 bridgehead atoms. The summed E-state index contributed by atoms with van der Waals surface area (Å²) in [6.45, 7) is 7.33. The van der Waals surface area contributed by atoms with Gasteiger partial charge in [0.05, 0.1) is 31.6 Å². The SMILES string of the molecule is C[C@H](Sc1ccc(Cl)cc1)C(=O)NCC[NH+]1CCOCC1. The monoisotopic (exact) mass is 329 g/mol. The van der Waals surface area contributed by atoms with Crippen LogP contribution in [0.3, 0.4) is 0 Å². The van der Waals surface area contributed by atoms with Crippen molar-refractivity contribution in [2.45, 2.75) is 17.1 Å². The number of ether oxygens (including phenoxy) is 1. The standard InChI is InChI=1S/C15H21ClN2O2S/c1-12(21-14-4-2-13(16)3-5-14)15(19)17-6-7-18-8-10-20-11-9-18/h2-5,12H,6-11H2,1H3,(H,17,19)/p+1/t12-/m0/s1. The molecule has 4 nitrogen and oxygen atoms in total. The van der Waals surface area contributed by atoms with Crippen molar-refractivity contribution in [2.75, 3.05) is 39.4 Å². The Morgan fingerprint density at radius 3 is 2.71 bits per heavy atom. The second kappa shape index (κ2) is 8.63. The Balaban J connectivity index is 1.68. The quantitative estimate of drug-likeness (QED) is 0.761. The molecule has 0 unspecified atom stereocenters. The fourth-order valence-corrected chi connectivity index (χ4v) is 3.20. The number of morpholine rings is 1. The lowest BCUT2D eigenvalue weighted by molar-refractivity contribution is -0.906. The summed E-state index contributed by atoms with van der Waals surface area (Å²) in [5.74, 6) is 0.0857. The Morgan fingerprint density at radius 1 is 1.38 bits per heavy atom. The molecule has 0 aromatic heterocycles. The number of benzene rings is 1. The van der Waals surface area contributed by atoms with Crippen LogP contribution in [-0.4, -0.2) is 50.5 Å². The van der Waals surface area contributed by atoms with Gasteiger partial charge in [-0.1, -0.05) is 11.6 Å². The molecule has 1 atom stereocenters. The minimum atomic E-state index is -0.106. The maximum absolute atomic E-state index is 12.1. The molecule has 6 heteroatoms. The van der Waals surface area contributed by atoms with Crippen LogP contribution in [0, 0.1) is 0 Å². The molecule has 1 aromatic rings. The maximum atomic E-state index is 12.1. The van der Waals surface area contributed by atoms with Crippen molar-refractivity contribution < 1.29 is 14.4 Å². The van der Waals surface area contributed by atoms with Gasteiger partial charge in [-0.25, -0.2) is 0 Å². The molecular formula is C15H22ClN2O2S+. The number of quaternary nitrogens is 1. The number of thioether (sulfide) groups is 1. The predicted octanol–water partition coefficient (Wildman–Crippen LogP) is 0.852. The molecular weight excluding hydrogens is 308 g/mol. The van der Waals surface area contributed by atoms with E-state index < -0.39 is 0 Å². The van der Waals surface area contributed by atoms with Gasteiger partial charge in [0, 0.05) is 9.92 Å². The van der Waals surface area contributed by atoms with Crippen molar-refractivity contribution in [1.82, 2.24) is 5.32 Å². The Hall–Kier alpha value is -0.750. The van der Waals surface area contributed by atoms with Crippen molar-refractivity contribution in [3.8, 4) is 0 Å². The molecule has 0 spiro atoms. The number of carbonyl (C=O) groups is 1. The van der Waals surface area contributed by atoms with Crippen LogP contribution >= 0.6 is 23.4 Å². The lowest BCUT2D eigenvalue weighted by Crippen LogP contribution is -3.14. The van der Waals surface area contributed by atoms with E-state index in [0.29, 0.717) is 5.02 Å². The van der Waals surface area contributed by atoms with Crippen molar-refractivity contribution in [1.29, 1.82) is 0 Å². The highest BCUT2D eigenvalue weighted by Crippen LogP contribution is 2.24. The number of amides is 1. The molecule has 1 aliphatic heterocycles. The van der Waals surface area contributed by atoms with E-state index in [9.17, 15) is 4.79 Å². The van der Waals surface area contributed by atoms with Crippen molar-refractivity contribution in [2.24, 2.45) is 0 Å². The second-order valence-electron chi connectivity index (χ2n) is 5.12. The fourth-order valence-electron chi connectivity index (χ4n) is 2.19. The van der Waals surface area contributed by atoms with Gasteiger partial charge < -0.3 is 15.0 Å². The first-order valence-electron chi connectivity index (χ1n) is 7.26. The molecule has 21 heavy (non-hydrogen) atoms. The summed E-state index contributed by atoms with van der Waals surface area (Å²) >= 11 is 7.40. The van der Waals surface area contributed by atoms with Gasteiger partial charge in [-0.05, 0) is 31.2 Å². The van der Waals surface area contributed by atoms with Crippen LogP contribution in [0.2, 0.25) is 5.02 Å². The Kier molecular flexibility index (Phi) is 6.83. The number of hydrogen-bond acceptors (Lipinski definition) is 3. The first-order valence-corrected chi connectivity index (χ1v) is 8.52. The lowest BCUT2D eigenvalue weighted by atomic mass is 10.4. The summed E-state index contributed by atoms with van der Waals surface area (Å²) in [4.78, 5) is 14.6. The topological polar surface area (TPSA) is 42.8 Å². The minimum Gasteiger partial charge on any atom is -0.370 e. The third kappa shape index (κ3) is 5.87. The Labute approximate surface area is 135 Å². The van der Waals surface area contributed by atoms with E-state index in [4.69, 9.17) is 16.3 Å². The van der Waals surface area contributed by atoms with Gasteiger partial charge in [0.2, 0.25) is 5.91 Å². The molecule has 0 saturated carbocycles. The third-order valence-corrected chi connectivity index (χ3v) is 4.84. The van der Waals surface area contributed by atoms with Gasteiger partial charge in [-0.15, -0.1) is 11.8 Å².